The first-order valence-electron chi connectivity index (χ1n) is 5.98. The van der Waals surface area contributed by atoms with Crippen LogP contribution in [0.3, 0.4) is 0 Å². The van der Waals surface area contributed by atoms with Crippen LogP contribution in [0, 0.1) is 18.8 Å². The number of aryl methyl sites for hydroxylation is 1. The molecule has 2 unspecified atom stereocenters. The lowest BCUT2D eigenvalue weighted by Crippen LogP contribution is -2.14. The van der Waals surface area contributed by atoms with Crippen molar-refractivity contribution >= 4 is 28.3 Å². The molecule has 0 saturated heterocycles. The molecule has 0 aromatic carbocycles. The minimum absolute atomic E-state index is 0.00772. The Balaban J connectivity index is 2.04. The van der Waals surface area contributed by atoms with Gasteiger partial charge < -0.3 is 10.1 Å². The molecule has 1 aromatic rings. The van der Waals surface area contributed by atoms with Gasteiger partial charge in [0, 0.05) is 5.92 Å². The maximum atomic E-state index is 11.7. The summed E-state index contributed by atoms with van der Waals surface area (Å²) in [6, 6.07) is 0. The van der Waals surface area contributed by atoms with Crippen molar-refractivity contribution in [3.63, 3.8) is 0 Å². The summed E-state index contributed by atoms with van der Waals surface area (Å²) in [5.74, 6) is 0.162. The average molecular weight is 268 g/mol. The van der Waals surface area contributed by atoms with Crippen LogP contribution >= 0.6 is 11.3 Å². The molecule has 2 atom stereocenters. The highest BCUT2D eigenvalue weighted by atomic mass is 32.1. The van der Waals surface area contributed by atoms with Gasteiger partial charge in [0.25, 0.3) is 0 Å². The van der Waals surface area contributed by atoms with Crippen LogP contribution in [0.2, 0.25) is 0 Å². The lowest BCUT2D eigenvalue weighted by Gasteiger charge is -1.98. The molecule has 18 heavy (non-hydrogen) atoms. The van der Waals surface area contributed by atoms with Crippen LogP contribution < -0.4 is 5.32 Å². The third-order valence-electron chi connectivity index (χ3n) is 2.93. The number of aromatic nitrogens is 1. The van der Waals surface area contributed by atoms with Gasteiger partial charge in [0.2, 0.25) is 5.91 Å². The molecule has 1 amide bonds. The summed E-state index contributed by atoms with van der Waals surface area (Å²) < 4.78 is 4.92. The van der Waals surface area contributed by atoms with Crippen molar-refractivity contribution in [3.05, 3.63) is 10.6 Å². The quantitative estimate of drug-likeness (QED) is 0.850. The maximum Gasteiger partial charge on any atom is 0.350 e. The number of ether oxygens (including phenoxy) is 1. The van der Waals surface area contributed by atoms with Crippen molar-refractivity contribution in [3.8, 4) is 0 Å². The minimum atomic E-state index is -0.382. The molecular weight excluding hydrogens is 252 g/mol. The largest absolute Gasteiger partial charge is 0.462 e. The Morgan fingerprint density at radius 3 is 2.78 bits per heavy atom. The van der Waals surface area contributed by atoms with E-state index in [4.69, 9.17) is 4.74 Å². The predicted molar refractivity (Wildman–Crippen MR) is 68.7 cm³/mol. The number of thiazole rings is 1. The first-order chi connectivity index (χ1) is 8.52. The second-order valence-corrected chi connectivity index (χ2v) is 5.46. The highest BCUT2D eigenvalue weighted by Gasteiger charge is 2.39. The molecule has 6 heteroatoms. The molecule has 1 aliphatic rings. The standard InChI is InChI=1S/C12H16N2O3S/c1-4-17-11(16)9-7(3)13-12(18-9)14-10(15)8-5-6(8)2/h6,8H,4-5H2,1-3H3,(H,13,14,15). The van der Waals surface area contributed by atoms with Gasteiger partial charge >= 0.3 is 5.97 Å². The monoisotopic (exact) mass is 268 g/mol. The van der Waals surface area contributed by atoms with Gasteiger partial charge in [-0.05, 0) is 26.2 Å². The summed E-state index contributed by atoms with van der Waals surface area (Å²) in [6.07, 6.45) is 0.931. The Morgan fingerprint density at radius 1 is 1.56 bits per heavy atom. The lowest BCUT2D eigenvalue weighted by atomic mass is 10.3. The van der Waals surface area contributed by atoms with Crippen LogP contribution in [0.15, 0.2) is 0 Å². The Hall–Kier alpha value is -1.43. The number of nitrogens with zero attached hydrogens (tertiary/aromatic N) is 1. The molecule has 0 spiro atoms. The second-order valence-electron chi connectivity index (χ2n) is 4.46. The number of esters is 1. The van der Waals surface area contributed by atoms with Gasteiger partial charge in [0.1, 0.15) is 4.88 Å². The van der Waals surface area contributed by atoms with E-state index in [-0.39, 0.29) is 17.8 Å². The number of carbonyl (C=O) groups excluding carboxylic acids is 2. The molecule has 0 aliphatic heterocycles. The Bertz CT molecular complexity index is 484. The van der Waals surface area contributed by atoms with E-state index in [1.54, 1.807) is 13.8 Å². The van der Waals surface area contributed by atoms with Crippen LogP contribution in [-0.4, -0.2) is 23.5 Å². The predicted octanol–water partition coefficient (Wildman–Crippen LogP) is 2.22. The number of anilines is 1. The fourth-order valence-corrected chi connectivity index (χ4v) is 2.58. The summed E-state index contributed by atoms with van der Waals surface area (Å²) in [6.45, 7) is 5.86. The average Bonchev–Trinajstić information content (AvgIpc) is 2.92. The summed E-state index contributed by atoms with van der Waals surface area (Å²) >= 11 is 1.16. The maximum absolute atomic E-state index is 11.7. The molecule has 98 valence electrons. The van der Waals surface area contributed by atoms with E-state index >= 15 is 0 Å². The normalized spacial score (nSPS) is 21.5. The highest BCUT2D eigenvalue weighted by molar-refractivity contribution is 7.17. The molecule has 5 nitrogen and oxygen atoms in total. The smallest absolute Gasteiger partial charge is 0.350 e. The summed E-state index contributed by atoms with van der Waals surface area (Å²) in [5, 5.41) is 3.23. The first-order valence-corrected chi connectivity index (χ1v) is 6.80. The van der Waals surface area contributed by atoms with E-state index in [0.717, 1.165) is 17.8 Å². The Labute approximate surface area is 110 Å². The van der Waals surface area contributed by atoms with Gasteiger partial charge in [-0.1, -0.05) is 18.3 Å². The molecule has 1 heterocycles. The van der Waals surface area contributed by atoms with Crippen LogP contribution in [0.25, 0.3) is 0 Å². The fraction of sp³-hybridized carbons (Fsp3) is 0.583. The summed E-state index contributed by atoms with van der Waals surface area (Å²) in [5.41, 5.74) is 0.595. The van der Waals surface area contributed by atoms with Gasteiger partial charge in [0.05, 0.1) is 12.3 Å². The fourth-order valence-electron chi connectivity index (χ4n) is 1.72. The molecule has 1 saturated carbocycles. The van der Waals surface area contributed by atoms with Gasteiger partial charge in [0.15, 0.2) is 5.13 Å². The van der Waals surface area contributed by atoms with Crippen molar-refractivity contribution in [1.82, 2.24) is 4.98 Å². The lowest BCUT2D eigenvalue weighted by molar-refractivity contribution is -0.117. The van der Waals surface area contributed by atoms with Crippen molar-refractivity contribution in [2.75, 3.05) is 11.9 Å². The van der Waals surface area contributed by atoms with E-state index in [0.29, 0.717) is 28.2 Å². The zero-order valence-electron chi connectivity index (χ0n) is 10.6. The SMILES string of the molecule is CCOC(=O)c1sc(NC(=O)C2CC2C)nc1C. The van der Waals surface area contributed by atoms with Crippen LogP contribution in [0.4, 0.5) is 5.13 Å². The molecule has 1 N–H and O–H groups in total. The topological polar surface area (TPSA) is 68.3 Å². The van der Waals surface area contributed by atoms with Gasteiger partial charge in [-0.15, -0.1) is 0 Å². The van der Waals surface area contributed by atoms with E-state index < -0.39 is 0 Å². The number of rotatable bonds is 4. The van der Waals surface area contributed by atoms with Crippen molar-refractivity contribution < 1.29 is 14.3 Å². The number of carbonyl (C=O) groups is 2. The molecule has 1 aliphatic carbocycles. The molecular formula is C12H16N2O3S. The summed E-state index contributed by atoms with van der Waals surface area (Å²) in [4.78, 5) is 28.0. The minimum Gasteiger partial charge on any atom is -0.462 e. The van der Waals surface area contributed by atoms with E-state index in [9.17, 15) is 9.59 Å². The van der Waals surface area contributed by atoms with Gasteiger partial charge in [-0.25, -0.2) is 9.78 Å². The molecule has 0 radical (unpaired) electrons. The van der Waals surface area contributed by atoms with E-state index in [1.807, 2.05) is 6.92 Å². The Morgan fingerprint density at radius 2 is 2.22 bits per heavy atom. The van der Waals surface area contributed by atoms with Crippen LogP contribution in [0.5, 0.6) is 0 Å². The van der Waals surface area contributed by atoms with Crippen molar-refractivity contribution in [2.24, 2.45) is 11.8 Å². The van der Waals surface area contributed by atoms with Crippen LogP contribution in [0.1, 0.15) is 35.6 Å². The number of amides is 1. The number of hydrogen-bond acceptors (Lipinski definition) is 5. The van der Waals surface area contributed by atoms with Gasteiger partial charge in [-0.2, -0.15) is 0 Å². The first kappa shape index (κ1) is 13.0. The number of hydrogen-bond donors (Lipinski definition) is 1. The second kappa shape index (κ2) is 5.06. The Kier molecular flexibility index (Phi) is 3.65. The molecule has 1 aromatic heterocycles. The van der Waals surface area contributed by atoms with Crippen molar-refractivity contribution in [1.29, 1.82) is 0 Å². The van der Waals surface area contributed by atoms with Gasteiger partial charge in [-0.3, -0.25) is 4.79 Å². The molecule has 1 fully saturated rings. The van der Waals surface area contributed by atoms with E-state index in [2.05, 4.69) is 10.3 Å². The molecule has 0 bridgehead atoms. The van der Waals surface area contributed by atoms with E-state index in [1.165, 1.54) is 0 Å². The zero-order chi connectivity index (χ0) is 13.3. The molecule has 2 rings (SSSR count). The van der Waals surface area contributed by atoms with Crippen LogP contribution in [-0.2, 0) is 9.53 Å². The number of nitrogens with one attached hydrogen (secondary N) is 1. The third-order valence-corrected chi connectivity index (χ3v) is 3.99. The zero-order valence-corrected chi connectivity index (χ0v) is 11.5. The third kappa shape index (κ3) is 2.69. The highest BCUT2D eigenvalue weighted by Crippen LogP contribution is 2.38. The van der Waals surface area contributed by atoms with Crippen molar-refractivity contribution in [2.45, 2.75) is 27.2 Å². The summed E-state index contributed by atoms with van der Waals surface area (Å²) in [7, 11) is 0.